The summed E-state index contributed by atoms with van der Waals surface area (Å²) in [6.07, 6.45) is 5.99. The first kappa shape index (κ1) is 17.4. The first-order valence-electron chi connectivity index (χ1n) is 8.33. The van der Waals surface area contributed by atoms with Gasteiger partial charge in [-0.15, -0.1) is 0 Å². The zero-order valence-electron chi connectivity index (χ0n) is 13.7. The SMILES string of the molecule is O=C(CNC(=O)C(Cc1cccnc1)c1ccc(Cl)cc1)NC1CC1. The lowest BCUT2D eigenvalue weighted by atomic mass is 9.92. The molecule has 0 bridgehead atoms. The van der Waals surface area contributed by atoms with Crippen molar-refractivity contribution < 1.29 is 9.59 Å². The Hall–Kier alpha value is -2.40. The van der Waals surface area contributed by atoms with Crippen molar-refractivity contribution in [3.8, 4) is 0 Å². The van der Waals surface area contributed by atoms with Gasteiger partial charge in [0, 0.05) is 23.5 Å². The Morgan fingerprint density at radius 1 is 1.20 bits per heavy atom. The quantitative estimate of drug-likeness (QED) is 0.799. The van der Waals surface area contributed by atoms with Gasteiger partial charge in [0.05, 0.1) is 12.5 Å². The molecule has 1 aromatic carbocycles. The molecule has 2 N–H and O–H groups in total. The number of hydrogen-bond donors (Lipinski definition) is 2. The average molecular weight is 358 g/mol. The third kappa shape index (κ3) is 5.29. The third-order valence-corrected chi connectivity index (χ3v) is 4.37. The Kier molecular flexibility index (Phi) is 5.66. The Morgan fingerprint density at radius 2 is 1.96 bits per heavy atom. The minimum Gasteiger partial charge on any atom is -0.352 e. The van der Waals surface area contributed by atoms with Gasteiger partial charge < -0.3 is 10.6 Å². The van der Waals surface area contributed by atoms with Gasteiger partial charge >= 0.3 is 0 Å². The van der Waals surface area contributed by atoms with Gasteiger partial charge in [0.15, 0.2) is 0 Å². The van der Waals surface area contributed by atoms with Crippen LogP contribution in [0.5, 0.6) is 0 Å². The van der Waals surface area contributed by atoms with Crippen LogP contribution in [0.1, 0.15) is 29.9 Å². The van der Waals surface area contributed by atoms with Gasteiger partial charge in [-0.1, -0.05) is 29.8 Å². The summed E-state index contributed by atoms with van der Waals surface area (Å²) in [7, 11) is 0. The van der Waals surface area contributed by atoms with E-state index < -0.39 is 5.92 Å². The molecule has 5 nitrogen and oxygen atoms in total. The van der Waals surface area contributed by atoms with Crippen molar-refractivity contribution in [1.29, 1.82) is 0 Å². The summed E-state index contributed by atoms with van der Waals surface area (Å²) >= 11 is 5.95. The van der Waals surface area contributed by atoms with E-state index in [1.807, 2.05) is 24.3 Å². The zero-order valence-corrected chi connectivity index (χ0v) is 14.5. The molecule has 1 aromatic heterocycles. The van der Waals surface area contributed by atoms with Gasteiger partial charge in [0.1, 0.15) is 0 Å². The standard InChI is InChI=1S/C19H20ClN3O2/c20-15-5-3-14(4-6-15)17(10-13-2-1-9-21-11-13)19(25)22-12-18(24)23-16-7-8-16/h1-6,9,11,16-17H,7-8,10,12H2,(H,22,25)(H,23,24). The van der Waals surface area contributed by atoms with E-state index in [1.165, 1.54) is 0 Å². The molecule has 1 saturated carbocycles. The number of pyridine rings is 1. The van der Waals surface area contributed by atoms with Crippen LogP contribution in [-0.4, -0.2) is 29.4 Å². The van der Waals surface area contributed by atoms with Gasteiger partial charge in [0.2, 0.25) is 11.8 Å². The van der Waals surface area contributed by atoms with Crippen molar-refractivity contribution in [3.05, 3.63) is 64.9 Å². The van der Waals surface area contributed by atoms with Crippen LogP contribution in [0.3, 0.4) is 0 Å². The lowest BCUT2D eigenvalue weighted by Crippen LogP contribution is -2.40. The van der Waals surface area contributed by atoms with E-state index >= 15 is 0 Å². The van der Waals surface area contributed by atoms with Crippen LogP contribution in [0, 0.1) is 0 Å². The van der Waals surface area contributed by atoms with E-state index in [0.717, 1.165) is 24.0 Å². The van der Waals surface area contributed by atoms with E-state index in [4.69, 9.17) is 11.6 Å². The van der Waals surface area contributed by atoms with E-state index in [2.05, 4.69) is 15.6 Å². The predicted octanol–water partition coefficient (Wildman–Crippen LogP) is 2.46. The van der Waals surface area contributed by atoms with Crippen molar-refractivity contribution in [2.45, 2.75) is 31.2 Å². The number of nitrogens with zero attached hydrogens (tertiary/aromatic N) is 1. The zero-order chi connectivity index (χ0) is 17.6. The average Bonchev–Trinajstić information content (AvgIpc) is 3.43. The number of carbonyl (C=O) groups is 2. The Bertz CT molecular complexity index is 730. The number of rotatable bonds is 7. The molecule has 3 rings (SSSR count). The highest BCUT2D eigenvalue weighted by Crippen LogP contribution is 2.23. The van der Waals surface area contributed by atoms with Crippen LogP contribution in [0.25, 0.3) is 0 Å². The lowest BCUT2D eigenvalue weighted by Gasteiger charge is -2.17. The number of halogens is 1. The Labute approximate surface area is 151 Å². The Morgan fingerprint density at radius 3 is 2.60 bits per heavy atom. The van der Waals surface area contributed by atoms with E-state index in [0.29, 0.717) is 11.4 Å². The summed E-state index contributed by atoms with van der Waals surface area (Å²) in [5, 5.41) is 6.23. The van der Waals surface area contributed by atoms with E-state index in [-0.39, 0.29) is 24.4 Å². The molecular weight excluding hydrogens is 338 g/mol. The number of aromatic nitrogens is 1. The predicted molar refractivity (Wildman–Crippen MR) is 96.3 cm³/mol. The van der Waals surface area contributed by atoms with Crippen molar-refractivity contribution >= 4 is 23.4 Å². The molecule has 2 amide bonds. The fraction of sp³-hybridized carbons (Fsp3) is 0.316. The van der Waals surface area contributed by atoms with Crippen LogP contribution in [0.2, 0.25) is 5.02 Å². The number of benzene rings is 1. The van der Waals surface area contributed by atoms with Crippen LogP contribution < -0.4 is 10.6 Å². The van der Waals surface area contributed by atoms with Crippen molar-refractivity contribution in [3.63, 3.8) is 0 Å². The fourth-order valence-electron chi connectivity index (χ4n) is 2.61. The van der Waals surface area contributed by atoms with Gasteiger partial charge in [-0.2, -0.15) is 0 Å². The molecule has 1 fully saturated rings. The molecular formula is C19H20ClN3O2. The van der Waals surface area contributed by atoms with Crippen LogP contribution in [0.15, 0.2) is 48.8 Å². The summed E-state index contributed by atoms with van der Waals surface area (Å²) in [5.41, 5.74) is 1.81. The summed E-state index contributed by atoms with van der Waals surface area (Å²) in [5.74, 6) is -0.737. The molecule has 1 aliphatic rings. The molecule has 1 heterocycles. The molecule has 130 valence electrons. The smallest absolute Gasteiger partial charge is 0.239 e. The fourth-order valence-corrected chi connectivity index (χ4v) is 2.73. The summed E-state index contributed by atoms with van der Waals surface area (Å²) in [6, 6.07) is 11.3. The minimum atomic E-state index is -0.407. The monoisotopic (exact) mass is 357 g/mol. The number of nitrogens with one attached hydrogen (secondary N) is 2. The Balaban J connectivity index is 1.69. The van der Waals surface area contributed by atoms with Crippen LogP contribution >= 0.6 is 11.6 Å². The second kappa shape index (κ2) is 8.12. The second-order valence-corrected chi connectivity index (χ2v) is 6.67. The van der Waals surface area contributed by atoms with Gasteiger partial charge in [0.25, 0.3) is 0 Å². The summed E-state index contributed by atoms with van der Waals surface area (Å²) in [4.78, 5) is 28.6. The van der Waals surface area contributed by atoms with Gasteiger partial charge in [-0.05, 0) is 48.6 Å². The molecule has 0 radical (unpaired) electrons. The first-order chi connectivity index (χ1) is 12.1. The van der Waals surface area contributed by atoms with Crippen molar-refractivity contribution in [2.75, 3.05) is 6.54 Å². The minimum absolute atomic E-state index is 0.00748. The van der Waals surface area contributed by atoms with Crippen molar-refractivity contribution in [2.24, 2.45) is 0 Å². The van der Waals surface area contributed by atoms with E-state index in [9.17, 15) is 9.59 Å². The maximum absolute atomic E-state index is 12.7. The molecule has 0 saturated heterocycles. The van der Waals surface area contributed by atoms with Crippen LogP contribution in [-0.2, 0) is 16.0 Å². The molecule has 2 aromatic rings. The maximum atomic E-state index is 12.7. The highest BCUT2D eigenvalue weighted by atomic mass is 35.5. The number of amides is 2. The lowest BCUT2D eigenvalue weighted by molar-refractivity contribution is -0.127. The molecule has 6 heteroatoms. The number of hydrogen-bond acceptors (Lipinski definition) is 3. The highest BCUT2D eigenvalue weighted by Gasteiger charge is 2.25. The molecule has 1 aliphatic carbocycles. The van der Waals surface area contributed by atoms with Crippen LogP contribution in [0.4, 0.5) is 0 Å². The molecule has 0 spiro atoms. The largest absolute Gasteiger partial charge is 0.352 e. The summed E-state index contributed by atoms with van der Waals surface area (Å²) < 4.78 is 0. The molecule has 1 unspecified atom stereocenters. The van der Waals surface area contributed by atoms with Gasteiger partial charge in [-0.25, -0.2) is 0 Å². The molecule has 1 atom stereocenters. The first-order valence-corrected chi connectivity index (χ1v) is 8.71. The molecule has 0 aliphatic heterocycles. The van der Waals surface area contributed by atoms with E-state index in [1.54, 1.807) is 24.5 Å². The molecule has 25 heavy (non-hydrogen) atoms. The normalized spacial score (nSPS) is 14.6. The van der Waals surface area contributed by atoms with Gasteiger partial charge in [-0.3, -0.25) is 14.6 Å². The topological polar surface area (TPSA) is 71.1 Å². The highest BCUT2D eigenvalue weighted by molar-refractivity contribution is 6.30. The number of carbonyl (C=O) groups excluding carboxylic acids is 2. The van der Waals surface area contributed by atoms with Crippen molar-refractivity contribution in [1.82, 2.24) is 15.6 Å². The maximum Gasteiger partial charge on any atom is 0.239 e. The third-order valence-electron chi connectivity index (χ3n) is 4.12. The second-order valence-electron chi connectivity index (χ2n) is 6.23. The summed E-state index contributed by atoms with van der Waals surface area (Å²) in [6.45, 7) is -0.00748.